The van der Waals surface area contributed by atoms with Crippen LogP contribution in [0.4, 0.5) is 0 Å². The number of amides is 1. The molecule has 160 valence electrons. The molecule has 0 unspecified atom stereocenters. The molecule has 3 rings (SSSR count). The van der Waals surface area contributed by atoms with Crippen LogP contribution in [0.1, 0.15) is 27.0 Å². The van der Waals surface area contributed by atoms with Crippen molar-refractivity contribution in [2.75, 3.05) is 12.8 Å². The summed E-state index contributed by atoms with van der Waals surface area (Å²) in [5.74, 6) is -1.96. The first-order chi connectivity index (χ1) is 14.1. The molecule has 30 heavy (non-hydrogen) atoms. The molecule has 10 heteroatoms. The summed E-state index contributed by atoms with van der Waals surface area (Å²) in [6, 6.07) is 6.31. The van der Waals surface area contributed by atoms with Crippen molar-refractivity contribution in [3.8, 4) is 0 Å². The lowest BCUT2D eigenvalue weighted by Crippen LogP contribution is -2.42. The zero-order chi connectivity index (χ0) is 22.1. The summed E-state index contributed by atoms with van der Waals surface area (Å²) in [7, 11) is -3.44. The van der Waals surface area contributed by atoms with Gasteiger partial charge in [-0.25, -0.2) is 13.2 Å². The zero-order valence-electron chi connectivity index (χ0n) is 16.0. The molecule has 1 aliphatic rings. The molecule has 0 radical (unpaired) electrons. The quantitative estimate of drug-likeness (QED) is 0.597. The second-order valence-corrected chi connectivity index (χ2v) is 9.90. The van der Waals surface area contributed by atoms with Gasteiger partial charge in [-0.05, 0) is 47.9 Å². The molecule has 1 atom stereocenters. The van der Waals surface area contributed by atoms with Gasteiger partial charge in [-0.1, -0.05) is 35.3 Å². The number of carboxylic acids is 1. The Bertz CT molecular complexity index is 1120. The molecule has 0 saturated heterocycles. The molecule has 2 aromatic rings. The van der Waals surface area contributed by atoms with E-state index in [1.807, 2.05) is 0 Å². The summed E-state index contributed by atoms with van der Waals surface area (Å²) in [6.45, 7) is 1.30. The molecule has 0 bridgehead atoms. The monoisotopic (exact) mass is 470 g/mol. The van der Waals surface area contributed by atoms with Crippen LogP contribution in [0.15, 0.2) is 35.2 Å². The zero-order valence-corrected chi connectivity index (χ0v) is 18.4. The molecule has 2 aromatic carbocycles. The van der Waals surface area contributed by atoms with Crippen LogP contribution in [0.3, 0.4) is 0 Å². The third-order valence-corrected chi connectivity index (χ3v) is 6.70. The van der Waals surface area contributed by atoms with E-state index in [-0.39, 0.29) is 26.9 Å². The van der Waals surface area contributed by atoms with Crippen LogP contribution in [0.2, 0.25) is 10.0 Å². The van der Waals surface area contributed by atoms with Gasteiger partial charge in [0.2, 0.25) is 0 Å². The van der Waals surface area contributed by atoms with Crippen LogP contribution in [0.5, 0.6) is 0 Å². The minimum Gasteiger partial charge on any atom is -0.480 e. The maximum Gasteiger partial charge on any atom is 0.326 e. The fourth-order valence-corrected chi connectivity index (χ4v) is 4.81. The maximum absolute atomic E-state index is 12.8. The lowest BCUT2D eigenvalue weighted by molar-refractivity contribution is -0.139. The van der Waals surface area contributed by atoms with E-state index in [2.05, 4.69) is 10.6 Å². The van der Waals surface area contributed by atoms with Crippen molar-refractivity contribution in [1.82, 2.24) is 10.6 Å². The fraction of sp³-hybridized carbons (Fsp3) is 0.300. The summed E-state index contributed by atoms with van der Waals surface area (Å²) < 4.78 is 23.5. The van der Waals surface area contributed by atoms with Gasteiger partial charge in [0.25, 0.3) is 5.91 Å². The number of carboxylic acid groups (broad SMARTS) is 1. The second-order valence-electron chi connectivity index (χ2n) is 7.10. The van der Waals surface area contributed by atoms with E-state index in [4.69, 9.17) is 23.2 Å². The average molecular weight is 471 g/mol. The number of aliphatic carboxylic acids is 1. The molecular formula is C20H20Cl2N2O5S. The second kappa shape index (κ2) is 8.93. The largest absolute Gasteiger partial charge is 0.480 e. The Balaban J connectivity index is 1.86. The number of carbonyl (C=O) groups excluding carboxylic acids is 1. The standard InChI is InChI=1S/C20H20Cl2N2O5S/c1-30(28,29)13-4-2-3-11(7-13)8-16(20(26)27)24-19(25)17-15(21)9-12-10-23-6-5-14(12)18(17)22/h2-4,7,9,16,23H,5-6,8,10H2,1H3,(H,24,25)(H,26,27)/t16-/m0/s1. The van der Waals surface area contributed by atoms with Gasteiger partial charge >= 0.3 is 5.97 Å². The SMILES string of the molecule is CS(=O)(=O)c1cccc(C[C@H](NC(=O)c2c(Cl)cc3c(c2Cl)CCNC3)C(=O)O)c1. The number of rotatable bonds is 6. The summed E-state index contributed by atoms with van der Waals surface area (Å²) in [5, 5.41) is 15.6. The Labute approximate surface area is 184 Å². The van der Waals surface area contributed by atoms with Crippen molar-refractivity contribution in [3.05, 3.63) is 62.6 Å². The lowest BCUT2D eigenvalue weighted by atomic mass is 9.97. The first-order valence-electron chi connectivity index (χ1n) is 9.11. The van der Waals surface area contributed by atoms with Gasteiger partial charge in [-0.3, -0.25) is 4.79 Å². The molecular weight excluding hydrogens is 451 g/mol. The normalized spacial score (nSPS) is 14.6. The molecule has 7 nitrogen and oxygen atoms in total. The molecule has 0 aliphatic carbocycles. The number of nitrogens with one attached hydrogen (secondary N) is 2. The molecule has 0 aromatic heterocycles. The number of hydrogen-bond acceptors (Lipinski definition) is 5. The topological polar surface area (TPSA) is 113 Å². The molecule has 1 aliphatic heterocycles. The van der Waals surface area contributed by atoms with Gasteiger partial charge in [0, 0.05) is 19.2 Å². The highest BCUT2D eigenvalue weighted by Crippen LogP contribution is 2.33. The molecule has 0 saturated carbocycles. The van der Waals surface area contributed by atoms with Crippen molar-refractivity contribution in [3.63, 3.8) is 0 Å². The van der Waals surface area contributed by atoms with E-state index in [0.717, 1.165) is 17.4 Å². The van der Waals surface area contributed by atoms with Gasteiger partial charge in [-0.15, -0.1) is 0 Å². The van der Waals surface area contributed by atoms with Crippen LogP contribution in [-0.2, 0) is 34.0 Å². The molecule has 1 amide bonds. The first kappa shape index (κ1) is 22.6. The van der Waals surface area contributed by atoms with Gasteiger partial charge in [0.1, 0.15) is 6.04 Å². The van der Waals surface area contributed by atoms with Crippen molar-refractivity contribution in [1.29, 1.82) is 0 Å². The number of sulfone groups is 1. The number of carbonyl (C=O) groups is 2. The van der Waals surface area contributed by atoms with Crippen LogP contribution < -0.4 is 10.6 Å². The van der Waals surface area contributed by atoms with E-state index in [9.17, 15) is 23.1 Å². The minimum absolute atomic E-state index is 0.0371. The van der Waals surface area contributed by atoms with Gasteiger partial charge < -0.3 is 15.7 Å². The van der Waals surface area contributed by atoms with Crippen LogP contribution >= 0.6 is 23.2 Å². The van der Waals surface area contributed by atoms with Crippen molar-refractivity contribution >= 4 is 44.9 Å². The minimum atomic E-state index is -3.44. The lowest BCUT2D eigenvalue weighted by Gasteiger charge is -2.22. The predicted octanol–water partition coefficient (Wildman–Crippen LogP) is 2.47. The Kier molecular flexibility index (Phi) is 6.71. The number of halogens is 2. The third kappa shape index (κ3) is 4.95. The molecule has 3 N–H and O–H groups in total. The highest BCUT2D eigenvalue weighted by molar-refractivity contribution is 7.90. The van der Waals surface area contributed by atoms with Gasteiger partial charge in [0.15, 0.2) is 9.84 Å². The Morgan fingerprint density at radius 1 is 1.27 bits per heavy atom. The van der Waals surface area contributed by atoms with Crippen LogP contribution in [0, 0.1) is 0 Å². The number of hydrogen-bond donors (Lipinski definition) is 3. The maximum atomic E-state index is 12.8. The van der Waals surface area contributed by atoms with Crippen molar-refractivity contribution in [2.24, 2.45) is 0 Å². The van der Waals surface area contributed by atoms with Gasteiger partial charge in [-0.2, -0.15) is 0 Å². The van der Waals surface area contributed by atoms with E-state index in [0.29, 0.717) is 25.1 Å². The van der Waals surface area contributed by atoms with E-state index >= 15 is 0 Å². The fourth-order valence-electron chi connectivity index (χ4n) is 3.35. The molecule has 0 fully saturated rings. The Morgan fingerprint density at radius 3 is 2.67 bits per heavy atom. The summed E-state index contributed by atoms with van der Waals surface area (Å²) in [6.07, 6.45) is 1.60. The summed E-state index contributed by atoms with van der Waals surface area (Å²) >= 11 is 12.7. The molecule has 1 heterocycles. The summed E-state index contributed by atoms with van der Waals surface area (Å²) in [4.78, 5) is 24.7. The van der Waals surface area contributed by atoms with Gasteiger partial charge in [0.05, 0.1) is 20.5 Å². The van der Waals surface area contributed by atoms with Crippen molar-refractivity contribution < 1.29 is 23.1 Å². The van der Waals surface area contributed by atoms with E-state index < -0.39 is 27.8 Å². The highest BCUT2D eigenvalue weighted by atomic mass is 35.5. The van der Waals surface area contributed by atoms with Crippen molar-refractivity contribution in [2.45, 2.75) is 30.3 Å². The van der Waals surface area contributed by atoms with Crippen LogP contribution in [0.25, 0.3) is 0 Å². The average Bonchev–Trinajstić information content (AvgIpc) is 2.67. The number of fused-ring (bicyclic) bond motifs is 1. The molecule has 0 spiro atoms. The first-order valence-corrected chi connectivity index (χ1v) is 11.8. The Morgan fingerprint density at radius 2 is 2.00 bits per heavy atom. The third-order valence-electron chi connectivity index (χ3n) is 4.88. The van der Waals surface area contributed by atoms with E-state index in [1.165, 1.54) is 18.2 Å². The smallest absolute Gasteiger partial charge is 0.326 e. The van der Waals surface area contributed by atoms with Crippen LogP contribution in [-0.4, -0.2) is 44.2 Å². The predicted molar refractivity (Wildman–Crippen MR) is 114 cm³/mol. The number of benzene rings is 2. The van der Waals surface area contributed by atoms with E-state index in [1.54, 1.807) is 12.1 Å². The highest BCUT2D eigenvalue weighted by Gasteiger charge is 2.27. The Hall–Kier alpha value is -2.13. The summed E-state index contributed by atoms with van der Waals surface area (Å²) in [5.41, 5.74) is 2.22.